The predicted octanol–water partition coefficient (Wildman–Crippen LogP) is 2.15. The van der Waals surface area contributed by atoms with Gasteiger partial charge in [0.05, 0.1) is 6.61 Å². The van der Waals surface area contributed by atoms with E-state index in [-0.39, 0.29) is 19.0 Å². The summed E-state index contributed by atoms with van der Waals surface area (Å²) in [5.74, 6) is 4.93. The molecule has 0 aliphatic rings. The van der Waals surface area contributed by atoms with Gasteiger partial charge in [0.25, 0.3) is 0 Å². The molecule has 0 aromatic heterocycles. The molecule has 0 heterocycles. The van der Waals surface area contributed by atoms with Crippen molar-refractivity contribution >= 4 is 0 Å². The molecule has 0 spiro atoms. The number of hydrogen-bond acceptors (Lipinski definition) is 3. The van der Waals surface area contributed by atoms with Crippen LogP contribution in [0.1, 0.15) is 37.8 Å². The van der Waals surface area contributed by atoms with E-state index in [0.717, 1.165) is 18.4 Å². The van der Waals surface area contributed by atoms with Crippen molar-refractivity contribution in [3.8, 4) is 11.8 Å². The average molecular weight is 293 g/mol. The van der Waals surface area contributed by atoms with E-state index in [4.69, 9.17) is 5.11 Å². The van der Waals surface area contributed by atoms with E-state index >= 15 is 0 Å². The van der Waals surface area contributed by atoms with Gasteiger partial charge in [-0.3, -0.25) is 4.90 Å². The van der Waals surface area contributed by atoms with Gasteiger partial charge >= 0.3 is 0 Å². The third-order valence-corrected chi connectivity index (χ3v) is 3.50. The zero-order valence-electron chi connectivity index (χ0n) is 12.8. The molecule has 0 radical (unpaired) electrons. The second kappa shape index (κ2) is 9.51. The second-order valence-electron chi connectivity index (χ2n) is 4.97. The molecule has 0 saturated heterocycles. The van der Waals surface area contributed by atoms with Crippen molar-refractivity contribution in [3.05, 3.63) is 35.1 Å². The van der Waals surface area contributed by atoms with Gasteiger partial charge in [-0.25, -0.2) is 4.39 Å². The smallest absolute Gasteiger partial charge is 0.124 e. The summed E-state index contributed by atoms with van der Waals surface area (Å²) in [6, 6.07) is 5.06. The van der Waals surface area contributed by atoms with E-state index in [1.165, 1.54) is 12.1 Å². The van der Waals surface area contributed by atoms with Gasteiger partial charge in [-0.2, -0.15) is 0 Å². The van der Waals surface area contributed by atoms with Crippen LogP contribution in [0.2, 0.25) is 0 Å². The Morgan fingerprint density at radius 2 is 1.90 bits per heavy atom. The number of aliphatic hydroxyl groups excluding tert-OH is 2. The Morgan fingerprint density at radius 3 is 2.48 bits per heavy atom. The minimum absolute atomic E-state index is 0.0863. The molecule has 0 bridgehead atoms. The summed E-state index contributed by atoms with van der Waals surface area (Å²) in [7, 11) is 0. The lowest BCUT2D eigenvalue weighted by Crippen LogP contribution is -2.36. The maximum atomic E-state index is 13.7. The summed E-state index contributed by atoms with van der Waals surface area (Å²) < 4.78 is 13.7. The Bertz CT molecular complexity index is 489. The van der Waals surface area contributed by atoms with Gasteiger partial charge in [0.2, 0.25) is 0 Å². The normalized spacial score (nSPS) is 10.8. The van der Waals surface area contributed by atoms with Crippen LogP contribution in [-0.4, -0.2) is 40.9 Å². The summed E-state index contributed by atoms with van der Waals surface area (Å²) in [6.07, 6.45) is 1.98. The highest BCUT2D eigenvalue weighted by molar-refractivity contribution is 5.37. The zero-order chi connectivity index (χ0) is 15.7. The molecular formula is C17H24FNO2. The summed E-state index contributed by atoms with van der Waals surface area (Å²) in [6.45, 7) is 5.22. The molecular weight excluding hydrogens is 269 g/mol. The number of rotatable bonds is 7. The SMILES string of the molecule is CCC(CC)N(CCO)Cc1cc(F)cc(C#CCO)c1. The van der Waals surface area contributed by atoms with Crippen LogP contribution in [0.15, 0.2) is 18.2 Å². The molecule has 0 unspecified atom stereocenters. The first-order chi connectivity index (χ1) is 10.1. The molecule has 2 N–H and O–H groups in total. The lowest BCUT2D eigenvalue weighted by atomic mass is 10.1. The largest absolute Gasteiger partial charge is 0.395 e. The highest BCUT2D eigenvalue weighted by Gasteiger charge is 2.15. The van der Waals surface area contributed by atoms with Crippen molar-refractivity contribution in [2.24, 2.45) is 0 Å². The highest BCUT2D eigenvalue weighted by atomic mass is 19.1. The van der Waals surface area contributed by atoms with E-state index < -0.39 is 0 Å². The Balaban J connectivity index is 2.94. The van der Waals surface area contributed by atoms with Crippen molar-refractivity contribution in [3.63, 3.8) is 0 Å². The first-order valence-corrected chi connectivity index (χ1v) is 7.38. The van der Waals surface area contributed by atoms with E-state index in [9.17, 15) is 9.50 Å². The number of aliphatic hydroxyl groups is 2. The number of benzene rings is 1. The summed E-state index contributed by atoms with van der Waals surface area (Å²) in [5, 5.41) is 17.9. The Hall–Kier alpha value is -1.41. The highest BCUT2D eigenvalue weighted by Crippen LogP contribution is 2.15. The molecule has 0 saturated carbocycles. The van der Waals surface area contributed by atoms with Crippen LogP contribution in [0.4, 0.5) is 4.39 Å². The van der Waals surface area contributed by atoms with Gasteiger partial charge < -0.3 is 10.2 Å². The first kappa shape index (κ1) is 17.6. The fraction of sp³-hybridized carbons (Fsp3) is 0.529. The van der Waals surface area contributed by atoms with Crippen molar-refractivity contribution in [1.82, 2.24) is 4.90 Å². The predicted molar refractivity (Wildman–Crippen MR) is 82.2 cm³/mol. The number of hydrogen-bond donors (Lipinski definition) is 2. The molecule has 1 aromatic carbocycles. The number of nitrogens with zero attached hydrogens (tertiary/aromatic N) is 1. The Labute approximate surface area is 126 Å². The van der Waals surface area contributed by atoms with Crippen molar-refractivity contribution < 1.29 is 14.6 Å². The third kappa shape index (κ3) is 5.84. The molecule has 0 aliphatic carbocycles. The quantitative estimate of drug-likeness (QED) is 0.757. The van der Waals surface area contributed by atoms with Crippen LogP contribution in [0.3, 0.4) is 0 Å². The van der Waals surface area contributed by atoms with Crippen LogP contribution in [0, 0.1) is 17.7 Å². The van der Waals surface area contributed by atoms with Crippen molar-refractivity contribution in [2.75, 3.05) is 19.8 Å². The molecule has 0 amide bonds. The summed E-state index contributed by atoms with van der Waals surface area (Å²) in [4.78, 5) is 2.16. The lowest BCUT2D eigenvalue weighted by Gasteiger charge is -2.30. The minimum Gasteiger partial charge on any atom is -0.395 e. The summed E-state index contributed by atoms with van der Waals surface area (Å²) in [5.41, 5.74) is 1.39. The fourth-order valence-electron chi connectivity index (χ4n) is 2.51. The zero-order valence-corrected chi connectivity index (χ0v) is 12.8. The maximum Gasteiger partial charge on any atom is 0.124 e. The van der Waals surface area contributed by atoms with Crippen LogP contribution in [-0.2, 0) is 6.54 Å². The van der Waals surface area contributed by atoms with Gasteiger partial charge in [0.15, 0.2) is 0 Å². The fourth-order valence-corrected chi connectivity index (χ4v) is 2.51. The van der Waals surface area contributed by atoms with E-state index in [0.29, 0.717) is 24.7 Å². The maximum absolute atomic E-state index is 13.7. The van der Waals surface area contributed by atoms with Crippen LogP contribution < -0.4 is 0 Å². The van der Waals surface area contributed by atoms with Gasteiger partial charge in [0.1, 0.15) is 12.4 Å². The topological polar surface area (TPSA) is 43.7 Å². The molecule has 0 fully saturated rings. The first-order valence-electron chi connectivity index (χ1n) is 7.38. The molecule has 4 heteroatoms. The molecule has 0 atom stereocenters. The molecule has 0 aliphatic heterocycles. The second-order valence-corrected chi connectivity index (χ2v) is 4.97. The molecule has 1 aromatic rings. The molecule has 1 rings (SSSR count). The average Bonchev–Trinajstić information content (AvgIpc) is 2.46. The van der Waals surface area contributed by atoms with Crippen LogP contribution in [0.5, 0.6) is 0 Å². The Kier molecular flexibility index (Phi) is 7.99. The van der Waals surface area contributed by atoms with Crippen LogP contribution >= 0.6 is 0 Å². The van der Waals surface area contributed by atoms with E-state index in [2.05, 4.69) is 30.6 Å². The molecule has 21 heavy (non-hydrogen) atoms. The molecule has 116 valence electrons. The van der Waals surface area contributed by atoms with Crippen molar-refractivity contribution in [1.29, 1.82) is 0 Å². The van der Waals surface area contributed by atoms with Gasteiger partial charge in [-0.05, 0) is 36.6 Å². The minimum atomic E-state index is -0.330. The lowest BCUT2D eigenvalue weighted by molar-refractivity contribution is 0.136. The number of halogens is 1. The molecule has 3 nitrogen and oxygen atoms in total. The van der Waals surface area contributed by atoms with E-state index in [1.807, 2.05) is 6.07 Å². The standard InChI is InChI=1S/C17H24FNO2/c1-3-17(4-2)19(7-9-21)13-15-10-14(6-5-8-20)11-16(18)12-15/h10-12,17,20-21H,3-4,7-9,13H2,1-2H3. The van der Waals surface area contributed by atoms with Gasteiger partial charge in [-0.15, -0.1) is 0 Å². The third-order valence-electron chi connectivity index (χ3n) is 3.50. The Morgan fingerprint density at radius 1 is 1.19 bits per heavy atom. The van der Waals surface area contributed by atoms with Crippen LogP contribution in [0.25, 0.3) is 0 Å². The summed E-state index contributed by atoms with van der Waals surface area (Å²) >= 11 is 0. The van der Waals surface area contributed by atoms with Crippen molar-refractivity contribution in [2.45, 2.75) is 39.3 Å². The van der Waals surface area contributed by atoms with Gasteiger partial charge in [-0.1, -0.05) is 25.7 Å². The van der Waals surface area contributed by atoms with Gasteiger partial charge in [0, 0.05) is 24.7 Å². The monoisotopic (exact) mass is 293 g/mol. The van der Waals surface area contributed by atoms with E-state index in [1.54, 1.807) is 0 Å².